The van der Waals surface area contributed by atoms with Crippen molar-refractivity contribution in [2.24, 2.45) is 4.99 Å². The Labute approximate surface area is 110 Å². The van der Waals surface area contributed by atoms with Crippen molar-refractivity contribution in [1.29, 1.82) is 0 Å². The lowest BCUT2D eigenvalue weighted by Crippen LogP contribution is -2.25. The number of rotatable bonds is 9. The van der Waals surface area contributed by atoms with Crippen LogP contribution in [0.1, 0.15) is 45.4 Å². The molecule has 0 bridgehead atoms. The Morgan fingerprint density at radius 2 is 2.06 bits per heavy atom. The van der Waals surface area contributed by atoms with Gasteiger partial charge in [0.2, 0.25) is 0 Å². The molecular formula is C14H24N2O2. The zero-order chi connectivity index (χ0) is 13.2. The molecule has 1 aliphatic rings. The minimum Gasteiger partial charge on any atom is -0.461 e. The summed E-state index contributed by atoms with van der Waals surface area (Å²) < 4.78 is 5.18. The van der Waals surface area contributed by atoms with Gasteiger partial charge in [-0.3, -0.25) is 4.99 Å². The van der Waals surface area contributed by atoms with E-state index in [-0.39, 0.29) is 5.97 Å². The van der Waals surface area contributed by atoms with E-state index in [1.165, 1.54) is 25.7 Å². The maximum atomic E-state index is 11.6. The first-order valence-electron chi connectivity index (χ1n) is 6.88. The van der Waals surface area contributed by atoms with Gasteiger partial charge in [-0.15, -0.1) is 0 Å². The molecule has 0 unspecified atom stereocenters. The summed E-state index contributed by atoms with van der Waals surface area (Å²) in [6.45, 7) is 7.89. The number of aliphatic imine (C=N–C) groups is 1. The number of nitrogens with zero attached hydrogens (tertiary/aromatic N) is 2. The summed E-state index contributed by atoms with van der Waals surface area (Å²) in [4.78, 5) is 17.4. The van der Waals surface area contributed by atoms with E-state index in [4.69, 9.17) is 4.74 Å². The van der Waals surface area contributed by atoms with Crippen LogP contribution in [0.15, 0.2) is 17.3 Å². The first kappa shape index (κ1) is 14.7. The van der Waals surface area contributed by atoms with Crippen LogP contribution in [0.5, 0.6) is 0 Å². The van der Waals surface area contributed by atoms with Crippen LogP contribution in [-0.2, 0) is 9.53 Å². The average Bonchev–Trinajstić information content (AvgIpc) is 2.90. The Bertz CT molecular complexity index is 300. The maximum absolute atomic E-state index is 11.6. The van der Waals surface area contributed by atoms with Gasteiger partial charge >= 0.3 is 5.97 Å². The highest BCUT2D eigenvalue weighted by atomic mass is 16.5. The van der Waals surface area contributed by atoms with Gasteiger partial charge in [-0.05, 0) is 6.42 Å². The van der Waals surface area contributed by atoms with Crippen LogP contribution in [0, 0.1) is 0 Å². The molecule has 0 spiro atoms. The smallest absolute Gasteiger partial charge is 0.354 e. The Balaban J connectivity index is 2.02. The molecule has 1 rings (SSSR count). The van der Waals surface area contributed by atoms with Gasteiger partial charge in [0.05, 0.1) is 19.5 Å². The Morgan fingerprint density at radius 3 is 2.72 bits per heavy atom. The predicted molar refractivity (Wildman–Crippen MR) is 73.5 cm³/mol. The van der Waals surface area contributed by atoms with Gasteiger partial charge in [-0.2, -0.15) is 0 Å². The second-order valence-corrected chi connectivity index (χ2v) is 4.57. The minimum absolute atomic E-state index is 0.322. The largest absolute Gasteiger partial charge is 0.461 e. The summed E-state index contributed by atoms with van der Waals surface area (Å²) >= 11 is 0. The van der Waals surface area contributed by atoms with E-state index in [1.807, 2.05) is 0 Å². The van der Waals surface area contributed by atoms with E-state index in [0.717, 1.165) is 25.9 Å². The molecule has 0 atom stereocenters. The summed E-state index contributed by atoms with van der Waals surface area (Å²) in [5, 5.41) is 0. The Morgan fingerprint density at radius 1 is 1.33 bits per heavy atom. The summed E-state index contributed by atoms with van der Waals surface area (Å²) in [5.41, 5.74) is 0.391. The van der Waals surface area contributed by atoms with Gasteiger partial charge in [-0.25, -0.2) is 4.79 Å². The van der Waals surface area contributed by atoms with Crippen molar-refractivity contribution < 1.29 is 9.53 Å². The van der Waals surface area contributed by atoms with E-state index in [2.05, 4.69) is 18.5 Å². The molecule has 0 aromatic rings. The Kier molecular flexibility index (Phi) is 7.14. The molecule has 0 aromatic heterocycles. The standard InChI is InChI=1S/C14H24N2O2/c1-3-4-5-6-7-8-11-18-14(17)13(2)16-10-9-15-12-16/h12H,2-11H2,1H3. The first-order valence-corrected chi connectivity index (χ1v) is 6.88. The first-order chi connectivity index (χ1) is 8.75. The van der Waals surface area contributed by atoms with Gasteiger partial charge in [0.15, 0.2) is 0 Å². The highest BCUT2D eigenvalue weighted by molar-refractivity contribution is 5.90. The summed E-state index contributed by atoms with van der Waals surface area (Å²) in [6.07, 6.45) is 8.78. The van der Waals surface area contributed by atoms with Gasteiger partial charge in [0.1, 0.15) is 5.70 Å². The molecule has 18 heavy (non-hydrogen) atoms. The second-order valence-electron chi connectivity index (χ2n) is 4.57. The van der Waals surface area contributed by atoms with Crippen molar-refractivity contribution in [3.05, 3.63) is 12.3 Å². The third kappa shape index (κ3) is 5.34. The van der Waals surface area contributed by atoms with E-state index in [1.54, 1.807) is 11.2 Å². The molecule has 4 nitrogen and oxygen atoms in total. The van der Waals surface area contributed by atoms with Crippen LogP contribution >= 0.6 is 0 Å². The number of hydrogen-bond donors (Lipinski definition) is 0. The molecule has 0 amide bonds. The van der Waals surface area contributed by atoms with Crippen molar-refractivity contribution in [3.8, 4) is 0 Å². The molecule has 0 fully saturated rings. The number of hydrogen-bond acceptors (Lipinski definition) is 4. The topological polar surface area (TPSA) is 41.9 Å². The number of ether oxygens (including phenoxy) is 1. The van der Waals surface area contributed by atoms with Crippen molar-refractivity contribution in [1.82, 2.24) is 4.90 Å². The molecule has 0 aliphatic carbocycles. The van der Waals surface area contributed by atoms with Crippen LogP contribution in [0.2, 0.25) is 0 Å². The van der Waals surface area contributed by atoms with E-state index < -0.39 is 0 Å². The third-order valence-electron chi connectivity index (χ3n) is 3.00. The third-order valence-corrected chi connectivity index (χ3v) is 3.00. The minimum atomic E-state index is -0.322. The SMILES string of the molecule is C=C(C(=O)OCCCCCCCC)N1C=NCC1. The van der Waals surface area contributed by atoms with Crippen molar-refractivity contribution >= 4 is 12.3 Å². The van der Waals surface area contributed by atoms with Gasteiger partial charge in [-0.1, -0.05) is 45.6 Å². The molecule has 4 heteroatoms. The highest BCUT2D eigenvalue weighted by Gasteiger charge is 2.17. The van der Waals surface area contributed by atoms with Gasteiger partial charge in [0, 0.05) is 6.54 Å². The molecule has 0 saturated heterocycles. The molecule has 0 saturated carbocycles. The fraction of sp³-hybridized carbons (Fsp3) is 0.714. The molecule has 0 radical (unpaired) electrons. The number of esters is 1. The van der Waals surface area contributed by atoms with Crippen LogP contribution in [0.25, 0.3) is 0 Å². The van der Waals surface area contributed by atoms with Gasteiger partial charge in [0.25, 0.3) is 0 Å². The predicted octanol–water partition coefficient (Wildman–Crippen LogP) is 2.75. The van der Waals surface area contributed by atoms with Crippen LogP contribution in [0.3, 0.4) is 0 Å². The molecule has 102 valence electrons. The van der Waals surface area contributed by atoms with Crippen molar-refractivity contribution in [2.45, 2.75) is 45.4 Å². The van der Waals surface area contributed by atoms with Crippen molar-refractivity contribution in [3.63, 3.8) is 0 Å². The lowest BCUT2D eigenvalue weighted by atomic mass is 10.1. The monoisotopic (exact) mass is 252 g/mol. The van der Waals surface area contributed by atoms with E-state index in [0.29, 0.717) is 12.3 Å². The maximum Gasteiger partial charge on any atom is 0.354 e. The molecule has 1 heterocycles. The van der Waals surface area contributed by atoms with E-state index >= 15 is 0 Å². The molecular weight excluding hydrogens is 228 g/mol. The lowest BCUT2D eigenvalue weighted by molar-refractivity contribution is -0.140. The lowest BCUT2D eigenvalue weighted by Gasteiger charge is -2.15. The Hall–Kier alpha value is -1.32. The summed E-state index contributed by atoms with van der Waals surface area (Å²) in [6, 6.07) is 0. The van der Waals surface area contributed by atoms with Crippen LogP contribution in [0.4, 0.5) is 0 Å². The zero-order valence-corrected chi connectivity index (χ0v) is 11.4. The molecule has 1 aliphatic heterocycles. The average molecular weight is 252 g/mol. The van der Waals surface area contributed by atoms with Gasteiger partial charge < -0.3 is 9.64 Å². The fourth-order valence-electron chi connectivity index (χ4n) is 1.83. The fourth-order valence-corrected chi connectivity index (χ4v) is 1.83. The number of carbonyl (C=O) groups is 1. The number of unbranched alkanes of at least 4 members (excludes halogenated alkanes) is 5. The van der Waals surface area contributed by atoms with Crippen LogP contribution < -0.4 is 0 Å². The van der Waals surface area contributed by atoms with Crippen molar-refractivity contribution in [2.75, 3.05) is 19.7 Å². The molecule has 0 aromatic carbocycles. The van der Waals surface area contributed by atoms with Crippen LogP contribution in [-0.4, -0.2) is 36.9 Å². The number of carbonyl (C=O) groups excluding carboxylic acids is 1. The quantitative estimate of drug-likeness (QED) is 0.360. The summed E-state index contributed by atoms with van der Waals surface area (Å²) in [5.74, 6) is -0.322. The normalized spacial score (nSPS) is 13.9. The van der Waals surface area contributed by atoms with E-state index in [9.17, 15) is 4.79 Å². The zero-order valence-electron chi connectivity index (χ0n) is 11.4. The summed E-state index contributed by atoms with van der Waals surface area (Å²) in [7, 11) is 0. The highest BCUT2D eigenvalue weighted by Crippen LogP contribution is 2.08. The molecule has 0 N–H and O–H groups in total. The second kappa shape index (κ2) is 8.72.